The van der Waals surface area contributed by atoms with Crippen molar-refractivity contribution in [2.75, 3.05) is 0 Å². The number of carboxylic acids is 1. The largest absolute Gasteiger partial charge is 0.481 e. The summed E-state index contributed by atoms with van der Waals surface area (Å²) in [6.07, 6.45) is 0.0218. The quantitative estimate of drug-likeness (QED) is 0.752. The molecule has 0 atom stereocenters. The molecule has 0 aliphatic rings. The van der Waals surface area contributed by atoms with Crippen LogP contribution in [0.3, 0.4) is 0 Å². The molecule has 0 unspecified atom stereocenters. The molecule has 0 amide bonds. The second-order valence-corrected chi connectivity index (χ2v) is 5.81. The zero-order valence-corrected chi connectivity index (χ0v) is 13.0. The molecule has 0 saturated carbocycles. The predicted octanol–water partition coefficient (Wildman–Crippen LogP) is 4.39. The van der Waals surface area contributed by atoms with Crippen LogP contribution in [0, 0.1) is 20.8 Å². The summed E-state index contributed by atoms with van der Waals surface area (Å²) in [7, 11) is 0. The second kappa shape index (κ2) is 5.34. The molecular formula is C19H19NO2. The number of rotatable bonds is 3. The first-order chi connectivity index (χ1) is 10.5. The zero-order chi connectivity index (χ0) is 15.9. The maximum absolute atomic E-state index is 11.4. The summed E-state index contributed by atoms with van der Waals surface area (Å²) < 4.78 is 0. The molecule has 112 valence electrons. The van der Waals surface area contributed by atoms with Crippen LogP contribution >= 0.6 is 0 Å². The molecule has 3 aromatic rings. The average molecular weight is 293 g/mol. The Labute approximate surface area is 129 Å². The van der Waals surface area contributed by atoms with Gasteiger partial charge in [-0.25, -0.2) is 0 Å². The number of nitrogens with one attached hydrogen (secondary N) is 1. The Bertz CT molecular complexity index is 875. The third-order valence-electron chi connectivity index (χ3n) is 4.22. The summed E-state index contributed by atoms with van der Waals surface area (Å²) in [5, 5.41) is 10.4. The number of aromatic amines is 1. The number of H-pyrrole nitrogens is 1. The van der Waals surface area contributed by atoms with Crippen molar-refractivity contribution in [3.63, 3.8) is 0 Å². The molecular weight excluding hydrogens is 274 g/mol. The number of fused-ring (bicyclic) bond motifs is 1. The molecule has 2 N–H and O–H groups in total. The van der Waals surface area contributed by atoms with Gasteiger partial charge in [0.05, 0.1) is 12.1 Å². The second-order valence-electron chi connectivity index (χ2n) is 5.81. The first-order valence-corrected chi connectivity index (χ1v) is 7.37. The van der Waals surface area contributed by atoms with Crippen LogP contribution in [0.5, 0.6) is 0 Å². The number of carboxylic acid groups (broad SMARTS) is 1. The number of aliphatic carboxylic acids is 1. The third kappa shape index (κ3) is 2.29. The van der Waals surface area contributed by atoms with Gasteiger partial charge in [-0.2, -0.15) is 0 Å². The maximum atomic E-state index is 11.4. The molecule has 3 nitrogen and oxygen atoms in total. The Morgan fingerprint density at radius 3 is 2.36 bits per heavy atom. The van der Waals surface area contributed by atoms with E-state index in [1.165, 1.54) is 0 Å². The van der Waals surface area contributed by atoms with E-state index in [2.05, 4.69) is 17.1 Å². The Morgan fingerprint density at radius 2 is 1.68 bits per heavy atom. The van der Waals surface area contributed by atoms with Crippen LogP contribution in [-0.4, -0.2) is 16.1 Å². The summed E-state index contributed by atoms with van der Waals surface area (Å²) in [5.74, 6) is -0.809. The van der Waals surface area contributed by atoms with Crippen molar-refractivity contribution in [3.8, 4) is 11.3 Å². The summed E-state index contributed by atoms with van der Waals surface area (Å²) in [6.45, 7) is 6.12. The molecule has 22 heavy (non-hydrogen) atoms. The van der Waals surface area contributed by atoms with E-state index in [1.54, 1.807) is 0 Å². The van der Waals surface area contributed by atoms with Crippen LogP contribution in [0.2, 0.25) is 0 Å². The smallest absolute Gasteiger partial charge is 0.307 e. The van der Waals surface area contributed by atoms with Crippen molar-refractivity contribution in [3.05, 3.63) is 58.7 Å². The van der Waals surface area contributed by atoms with E-state index >= 15 is 0 Å². The molecule has 0 saturated heterocycles. The van der Waals surface area contributed by atoms with Gasteiger partial charge in [0, 0.05) is 16.5 Å². The van der Waals surface area contributed by atoms with Crippen LogP contribution in [-0.2, 0) is 11.2 Å². The minimum Gasteiger partial charge on any atom is -0.481 e. The van der Waals surface area contributed by atoms with Crippen LogP contribution in [0.25, 0.3) is 22.2 Å². The maximum Gasteiger partial charge on any atom is 0.307 e. The zero-order valence-electron chi connectivity index (χ0n) is 13.0. The van der Waals surface area contributed by atoms with Gasteiger partial charge in [0.25, 0.3) is 0 Å². The molecule has 1 heterocycles. The topological polar surface area (TPSA) is 53.1 Å². The molecule has 0 aliphatic heterocycles. The van der Waals surface area contributed by atoms with Gasteiger partial charge in [-0.1, -0.05) is 36.4 Å². The van der Waals surface area contributed by atoms with Gasteiger partial charge in [-0.3, -0.25) is 4.79 Å². The standard InChI is InChI=1S/C19H19NO2/c1-11-6-4-5-7-14(11)19-15(10-16(21)22)17-12(2)8-9-13(3)18(17)20-19/h4-9,20H,10H2,1-3H3,(H,21,22). The lowest BCUT2D eigenvalue weighted by molar-refractivity contribution is -0.136. The first kappa shape index (κ1) is 14.4. The van der Waals surface area contributed by atoms with Crippen molar-refractivity contribution in [1.82, 2.24) is 4.98 Å². The van der Waals surface area contributed by atoms with Gasteiger partial charge >= 0.3 is 5.97 Å². The van der Waals surface area contributed by atoms with E-state index in [1.807, 2.05) is 45.0 Å². The van der Waals surface area contributed by atoms with Crippen molar-refractivity contribution < 1.29 is 9.90 Å². The number of carbonyl (C=O) groups is 1. The minimum atomic E-state index is -0.809. The number of benzene rings is 2. The Morgan fingerprint density at radius 1 is 1.00 bits per heavy atom. The van der Waals surface area contributed by atoms with E-state index in [0.29, 0.717) is 0 Å². The van der Waals surface area contributed by atoms with Gasteiger partial charge < -0.3 is 10.1 Å². The van der Waals surface area contributed by atoms with E-state index in [0.717, 1.165) is 44.4 Å². The summed E-state index contributed by atoms with van der Waals surface area (Å²) in [4.78, 5) is 14.8. The first-order valence-electron chi connectivity index (χ1n) is 7.37. The lowest BCUT2D eigenvalue weighted by Gasteiger charge is -2.07. The normalized spacial score (nSPS) is 11.0. The molecule has 3 rings (SSSR count). The van der Waals surface area contributed by atoms with Gasteiger partial charge in [0.15, 0.2) is 0 Å². The Balaban J connectivity index is 2.39. The highest BCUT2D eigenvalue weighted by atomic mass is 16.4. The highest BCUT2D eigenvalue weighted by Gasteiger charge is 2.19. The Kier molecular flexibility index (Phi) is 3.49. The van der Waals surface area contributed by atoms with E-state index < -0.39 is 5.97 Å². The van der Waals surface area contributed by atoms with Gasteiger partial charge in [0.2, 0.25) is 0 Å². The number of hydrogen-bond acceptors (Lipinski definition) is 1. The van der Waals surface area contributed by atoms with Crippen molar-refractivity contribution >= 4 is 16.9 Å². The fourth-order valence-electron chi connectivity index (χ4n) is 3.10. The van der Waals surface area contributed by atoms with E-state index in [4.69, 9.17) is 0 Å². The SMILES string of the molecule is Cc1ccccc1-c1[nH]c2c(C)ccc(C)c2c1CC(=O)O. The third-order valence-corrected chi connectivity index (χ3v) is 4.22. The van der Waals surface area contributed by atoms with Crippen LogP contribution in [0.4, 0.5) is 0 Å². The van der Waals surface area contributed by atoms with Crippen LogP contribution < -0.4 is 0 Å². The number of aromatic nitrogens is 1. The molecule has 3 heteroatoms. The fraction of sp³-hybridized carbons (Fsp3) is 0.211. The predicted molar refractivity (Wildman–Crippen MR) is 89.3 cm³/mol. The van der Waals surface area contributed by atoms with Gasteiger partial charge in [-0.05, 0) is 43.0 Å². The minimum absolute atomic E-state index is 0.0218. The lowest BCUT2D eigenvalue weighted by Crippen LogP contribution is -2.01. The lowest BCUT2D eigenvalue weighted by atomic mass is 9.97. The van der Waals surface area contributed by atoms with E-state index in [9.17, 15) is 9.90 Å². The summed E-state index contributed by atoms with van der Waals surface area (Å²) >= 11 is 0. The average Bonchev–Trinajstić information content (AvgIpc) is 2.83. The molecule has 0 spiro atoms. The summed E-state index contributed by atoms with van der Waals surface area (Å²) in [5.41, 5.74) is 7.27. The monoisotopic (exact) mass is 293 g/mol. The highest BCUT2D eigenvalue weighted by Crippen LogP contribution is 2.35. The Hall–Kier alpha value is -2.55. The molecule has 0 radical (unpaired) electrons. The number of hydrogen-bond donors (Lipinski definition) is 2. The van der Waals surface area contributed by atoms with Crippen LogP contribution in [0.1, 0.15) is 22.3 Å². The van der Waals surface area contributed by atoms with Crippen molar-refractivity contribution in [2.45, 2.75) is 27.2 Å². The molecule has 0 bridgehead atoms. The molecule has 0 fully saturated rings. The van der Waals surface area contributed by atoms with Crippen molar-refractivity contribution in [1.29, 1.82) is 0 Å². The fourth-order valence-corrected chi connectivity index (χ4v) is 3.10. The van der Waals surface area contributed by atoms with Gasteiger partial charge in [0.1, 0.15) is 0 Å². The van der Waals surface area contributed by atoms with Gasteiger partial charge in [-0.15, -0.1) is 0 Å². The van der Waals surface area contributed by atoms with Crippen LogP contribution in [0.15, 0.2) is 36.4 Å². The highest BCUT2D eigenvalue weighted by molar-refractivity contribution is 5.97. The van der Waals surface area contributed by atoms with E-state index in [-0.39, 0.29) is 6.42 Å². The molecule has 1 aromatic heterocycles. The molecule has 0 aliphatic carbocycles. The summed E-state index contributed by atoms with van der Waals surface area (Å²) in [6, 6.07) is 12.2. The van der Waals surface area contributed by atoms with Crippen molar-refractivity contribution in [2.24, 2.45) is 0 Å². The number of aryl methyl sites for hydroxylation is 3. The molecule has 2 aromatic carbocycles.